The van der Waals surface area contributed by atoms with Gasteiger partial charge in [0, 0.05) is 6.42 Å². The zero-order chi connectivity index (χ0) is 22.8. The zero-order valence-electron chi connectivity index (χ0n) is 21.6. The Bertz CT molecular complexity index is 356. The molecule has 0 rings (SSSR count). The van der Waals surface area contributed by atoms with Crippen LogP contribution < -0.4 is 0 Å². The average Bonchev–Trinajstić information content (AvgIpc) is 2.75. The minimum atomic E-state index is -0.403. The number of unbranched alkanes of at least 4 members (excludes halogenated alkanes) is 19. The lowest BCUT2D eigenvalue weighted by Crippen LogP contribution is -2.18. The van der Waals surface area contributed by atoms with Gasteiger partial charge in [0.2, 0.25) is 0 Å². The highest BCUT2D eigenvalue weighted by atomic mass is 16.7. The van der Waals surface area contributed by atoms with Crippen molar-refractivity contribution in [1.82, 2.24) is 0 Å². The first-order chi connectivity index (χ1) is 15.2. The second-order valence-electron chi connectivity index (χ2n) is 9.40. The molecule has 0 radical (unpaired) electrons. The minimum Gasteiger partial charge on any atom is -0.436 e. The Labute approximate surface area is 195 Å². The van der Waals surface area contributed by atoms with Crippen LogP contribution in [0, 0.1) is 0 Å². The molecule has 0 aromatic carbocycles. The predicted molar refractivity (Wildman–Crippen MR) is 134 cm³/mol. The van der Waals surface area contributed by atoms with Crippen molar-refractivity contribution >= 4 is 5.97 Å². The highest BCUT2D eigenvalue weighted by Crippen LogP contribution is 2.15. The van der Waals surface area contributed by atoms with Gasteiger partial charge in [0.05, 0.1) is 6.61 Å². The van der Waals surface area contributed by atoms with Crippen LogP contribution in [0.4, 0.5) is 0 Å². The van der Waals surface area contributed by atoms with Crippen LogP contribution >= 0.6 is 0 Å². The van der Waals surface area contributed by atoms with Crippen LogP contribution in [0.5, 0.6) is 0 Å². The quantitative estimate of drug-likeness (QED) is 0.0805. The summed E-state index contributed by atoms with van der Waals surface area (Å²) in [5.41, 5.74) is 0. The van der Waals surface area contributed by atoms with Gasteiger partial charge in [-0.3, -0.25) is 4.79 Å². The summed E-state index contributed by atoms with van der Waals surface area (Å²) in [7, 11) is 0. The van der Waals surface area contributed by atoms with E-state index in [1.807, 2.05) is 6.92 Å². The topological polar surface area (TPSA) is 35.5 Å². The maximum Gasteiger partial charge on any atom is 0.308 e. The van der Waals surface area contributed by atoms with E-state index in [9.17, 15) is 4.79 Å². The molecule has 0 fully saturated rings. The van der Waals surface area contributed by atoms with E-state index in [4.69, 9.17) is 9.47 Å². The van der Waals surface area contributed by atoms with E-state index in [-0.39, 0.29) is 5.97 Å². The maximum atomic E-state index is 11.8. The highest BCUT2D eigenvalue weighted by molar-refractivity contribution is 5.69. The van der Waals surface area contributed by atoms with Gasteiger partial charge in [-0.05, 0) is 19.8 Å². The van der Waals surface area contributed by atoms with Gasteiger partial charge in [-0.1, -0.05) is 136 Å². The Hall–Kier alpha value is -0.570. The average molecular weight is 441 g/mol. The third-order valence-electron chi connectivity index (χ3n) is 6.13. The van der Waals surface area contributed by atoms with E-state index in [0.717, 1.165) is 25.7 Å². The molecule has 1 atom stereocenters. The summed E-state index contributed by atoms with van der Waals surface area (Å²) in [6, 6.07) is 0. The Kier molecular flexibility index (Phi) is 25.2. The zero-order valence-corrected chi connectivity index (χ0v) is 21.6. The first kappa shape index (κ1) is 30.4. The second kappa shape index (κ2) is 25.7. The monoisotopic (exact) mass is 440 g/mol. The van der Waals surface area contributed by atoms with Crippen molar-refractivity contribution < 1.29 is 14.3 Å². The summed E-state index contributed by atoms with van der Waals surface area (Å²) in [5, 5.41) is 0. The third kappa shape index (κ3) is 25.6. The Morgan fingerprint density at radius 3 is 1.29 bits per heavy atom. The molecule has 0 bridgehead atoms. The largest absolute Gasteiger partial charge is 0.436 e. The maximum absolute atomic E-state index is 11.8. The predicted octanol–water partition coefficient (Wildman–Crippen LogP) is 9.51. The fraction of sp³-hybridized carbons (Fsp3) is 0.964. The van der Waals surface area contributed by atoms with Crippen LogP contribution in [-0.2, 0) is 14.3 Å². The third-order valence-corrected chi connectivity index (χ3v) is 6.13. The summed E-state index contributed by atoms with van der Waals surface area (Å²) < 4.78 is 10.7. The second-order valence-corrected chi connectivity index (χ2v) is 9.40. The molecule has 31 heavy (non-hydrogen) atoms. The van der Waals surface area contributed by atoms with Gasteiger partial charge in [0.25, 0.3) is 0 Å². The highest BCUT2D eigenvalue weighted by Gasteiger charge is 2.08. The Balaban J connectivity index is 3.17. The molecule has 0 aromatic heterocycles. The van der Waals surface area contributed by atoms with Crippen molar-refractivity contribution in [2.75, 3.05) is 6.61 Å². The van der Waals surface area contributed by atoms with E-state index in [1.54, 1.807) is 0 Å². The number of rotatable bonds is 25. The summed E-state index contributed by atoms with van der Waals surface area (Å²) in [6.45, 7) is 6.89. The molecular formula is C28H56O3. The molecule has 186 valence electrons. The van der Waals surface area contributed by atoms with Crippen LogP contribution in [-0.4, -0.2) is 18.9 Å². The number of ether oxygens (including phenoxy) is 2. The fourth-order valence-corrected chi connectivity index (χ4v) is 4.02. The number of esters is 1. The van der Waals surface area contributed by atoms with Gasteiger partial charge < -0.3 is 9.47 Å². The lowest BCUT2D eigenvalue weighted by molar-refractivity contribution is -0.175. The SMILES string of the molecule is CCCCCCCCCCCCCCCCCCCCCC(=O)OC(C)OCCCC. The van der Waals surface area contributed by atoms with Crippen LogP contribution in [0.2, 0.25) is 0 Å². The molecule has 0 amide bonds. The Morgan fingerprint density at radius 1 is 0.548 bits per heavy atom. The molecule has 0 N–H and O–H groups in total. The molecule has 0 spiro atoms. The molecule has 0 aliphatic heterocycles. The lowest BCUT2D eigenvalue weighted by atomic mass is 10.0. The van der Waals surface area contributed by atoms with Crippen molar-refractivity contribution in [3.8, 4) is 0 Å². The molecule has 0 saturated carbocycles. The van der Waals surface area contributed by atoms with Crippen molar-refractivity contribution in [2.24, 2.45) is 0 Å². The smallest absolute Gasteiger partial charge is 0.308 e. The van der Waals surface area contributed by atoms with Gasteiger partial charge >= 0.3 is 5.97 Å². The molecule has 1 unspecified atom stereocenters. The molecule has 0 aliphatic rings. The van der Waals surface area contributed by atoms with Gasteiger partial charge in [0.15, 0.2) is 6.29 Å². The summed E-state index contributed by atoms with van der Waals surface area (Å²) in [6.07, 6.45) is 28.2. The van der Waals surface area contributed by atoms with Crippen LogP contribution in [0.25, 0.3) is 0 Å². The molecule has 0 heterocycles. The minimum absolute atomic E-state index is 0.115. The van der Waals surface area contributed by atoms with Crippen LogP contribution in [0.3, 0.4) is 0 Å². The van der Waals surface area contributed by atoms with Gasteiger partial charge in [-0.2, -0.15) is 0 Å². The van der Waals surface area contributed by atoms with Crippen LogP contribution in [0.1, 0.15) is 162 Å². The molecule has 3 heteroatoms. The molecule has 0 aromatic rings. The molecular weight excluding hydrogens is 384 g/mol. The number of hydrogen-bond acceptors (Lipinski definition) is 3. The van der Waals surface area contributed by atoms with E-state index in [2.05, 4.69) is 13.8 Å². The van der Waals surface area contributed by atoms with Crippen LogP contribution in [0.15, 0.2) is 0 Å². The van der Waals surface area contributed by atoms with Gasteiger partial charge in [0.1, 0.15) is 0 Å². The van der Waals surface area contributed by atoms with E-state index >= 15 is 0 Å². The number of carbonyl (C=O) groups is 1. The van der Waals surface area contributed by atoms with E-state index < -0.39 is 6.29 Å². The fourth-order valence-electron chi connectivity index (χ4n) is 4.02. The van der Waals surface area contributed by atoms with E-state index in [1.165, 1.54) is 109 Å². The first-order valence-electron chi connectivity index (χ1n) is 14.0. The summed E-state index contributed by atoms with van der Waals surface area (Å²) in [5.74, 6) is -0.115. The summed E-state index contributed by atoms with van der Waals surface area (Å²) >= 11 is 0. The number of hydrogen-bond donors (Lipinski definition) is 0. The lowest BCUT2D eigenvalue weighted by Gasteiger charge is -2.13. The van der Waals surface area contributed by atoms with Crippen molar-refractivity contribution in [3.05, 3.63) is 0 Å². The normalized spacial score (nSPS) is 12.2. The standard InChI is InChI=1S/C28H56O3/c1-4-6-8-9-10-11-12-13-14-15-16-17-18-19-20-21-22-23-24-25-28(29)31-27(3)30-26-7-5-2/h27H,4-26H2,1-3H3. The number of carbonyl (C=O) groups excluding carboxylic acids is 1. The van der Waals surface area contributed by atoms with Crippen molar-refractivity contribution in [1.29, 1.82) is 0 Å². The summed E-state index contributed by atoms with van der Waals surface area (Å²) in [4.78, 5) is 11.8. The molecule has 0 aliphatic carbocycles. The molecule has 3 nitrogen and oxygen atoms in total. The van der Waals surface area contributed by atoms with Gasteiger partial charge in [-0.25, -0.2) is 0 Å². The van der Waals surface area contributed by atoms with Gasteiger partial charge in [-0.15, -0.1) is 0 Å². The van der Waals surface area contributed by atoms with Crippen molar-refractivity contribution in [3.63, 3.8) is 0 Å². The first-order valence-corrected chi connectivity index (χ1v) is 14.0. The molecule has 0 saturated heterocycles. The van der Waals surface area contributed by atoms with Crippen molar-refractivity contribution in [2.45, 2.75) is 168 Å². The Morgan fingerprint density at radius 2 is 0.903 bits per heavy atom. The van der Waals surface area contributed by atoms with E-state index in [0.29, 0.717) is 13.0 Å².